The summed E-state index contributed by atoms with van der Waals surface area (Å²) in [7, 11) is 0. The third kappa shape index (κ3) is 7.58. The number of aryl methyl sites for hydroxylation is 2. The molecule has 0 aromatic heterocycles. The third-order valence-electron chi connectivity index (χ3n) is 8.52. The Morgan fingerprint density at radius 1 is 0.373 bits per heavy atom. The van der Waals surface area contributed by atoms with Crippen molar-refractivity contribution >= 4 is 0 Å². The molecule has 0 saturated heterocycles. The second kappa shape index (κ2) is 14.8. The van der Waals surface area contributed by atoms with Gasteiger partial charge in [0.2, 0.25) is 0 Å². The number of hydrogen-bond acceptors (Lipinski definition) is 1. The second-order valence-corrected chi connectivity index (χ2v) is 12.2. The second-order valence-electron chi connectivity index (χ2n) is 12.2. The summed E-state index contributed by atoms with van der Waals surface area (Å²) in [6.07, 6.45) is 3.98. The van der Waals surface area contributed by atoms with Gasteiger partial charge in [-0.2, -0.15) is 52.7 Å². The molecule has 0 aliphatic rings. The highest BCUT2D eigenvalue weighted by Crippen LogP contribution is 2.57. The largest absolute Gasteiger partial charge is 0.457 e. The van der Waals surface area contributed by atoms with E-state index in [1.165, 1.54) is 24.3 Å². The molecule has 0 saturated carbocycles. The Morgan fingerprint density at radius 3 is 0.843 bits per heavy atom. The van der Waals surface area contributed by atoms with Gasteiger partial charge < -0.3 is 4.74 Å². The zero-order valence-corrected chi connectivity index (χ0v) is 27.4. The quantitative estimate of drug-likeness (QED) is 0.104. The predicted octanol–water partition coefficient (Wildman–Crippen LogP) is 13.2. The first-order chi connectivity index (χ1) is 23.7. The van der Waals surface area contributed by atoms with Crippen LogP contribution in [0.5, 0.6) is 11.5 Å². The lowest BCUT2D eigenvalue weighted by molar-refractivity contribution is -0.321. The number of rotatable bonds is 16. The maximum absolute atomic E-state index is 15.0. The van der Waals surface area contributed by atoms with Gasteiger partial charge >= 0.3 is 35.5 Å². The van der Waals surface area contributed by atoms with Crippen LogP contribution in [-0.4, -0.2) is 11.8 Å². The first-order valence-corrected chi connectivity index (χ1v) is 16.1. The van der Waals surface area contributed by atoms with Gasteiger partial charge in [-0.25, -0.2) is 0 Å². The molecule has 0 unspecified atom stereocenters. The summed E-state index contributed by atoms with van der Waals surface area (Å²) >= 11 is 0. The lowest BCUT2D eigenvalue weighted by Gasteiger charge is -2.33. The molecule has 0 atom stereocenters. The van der Waals surface area contributed by atoms with Gasteiger partial charge in [-0.05, 0) is 85.3 Å². The zero-order chi connectivity index (χ0) is 37.9. The summed E-state index contributed by atoms with van der Waals surface area (Å²) in [5.74, 6) is -33.8. The summed E-state index contributed by atoms with van der Waals surface area (Å²) in [4.78, 5) is 0. The van der Waals surface area contributed by atoms with Crippen molar-refractivity contribution in [2.45, 2.75) is 87.9 Å². The van der Waals surface area contributed by atoms with Crippen LogP contribution in [0.1, 0.15) is 72.9 Å². The van der Waals surface area contributed by atoms with Crippen molar-refractivity contribution in [3.05, 3.63) is 130 Å². The summed E-state index contributed by atoms with van der Waals surface area (Å²) in [5.41, 5.74) is -4.45. The van der Waals surface area contributed by atoms with Gasteiger partial charge in [-0.15, -0.1) is 0 Å². The van der Waals surface area contributed by atoms with Gasteiger partial charge in [0.05, 0.1) is 0 Å². The fourth-order valence-corrected chi connectivity index (χ4v) is 5.24. The lowest BCUT2D eigenvalue weighted by Crippen LogP contribution is -2.50. The van der Waals surface area contributed by atoms with Gasteiger partial charge in [-0.1, -0.05) is 75.2 Å². The zero-order valence-electron chi connectivity index (χ0n) is 27.4. The molecule has 1 nitrogen and oxygen atoms in total. The molecule has 51 heavy (non-hydrogen) atoms. The Morgan fingerprint density at radius 2 is 0.608 bits per heavy atom. The van der Waals surface area contributed by atoms with Crippen molar-refractivity contribution in [3.8, 4) is 11.5 Å². The van der Waals surface area contributed by atoms with Gasteiger partial charge in [0.15, 0.2) is 0 Å². The maximum atomic E-state index is 15.0. The van der Waals surface area contributed by atoms with Crippen LogP contribution in [0.25, 0.3) is 0 Å². The van der Waals surface area contributed by atoms with Crippen LogP contribution >= 0.6 is 0 Å². The molecule has 276 valence electrons. The number of ether oxygens (including phenoxy) is 1. The molecule has 4 rings (SSSR count). The van der Waals surface area contributed by atoms with E-state index in [0.29, 0.717) is 110 Å². The number of unbranched alkanes of at least 4 members (excludes halogenated alkanes) is 2. The SMILES string of the molecule is CCCCc1ccc(C(F)(F)C(F)(F)C(F)(F)c2ccc(Oc3ccc(C(F)(F)C(F)(F)C(F)(F)c4ccc(CCCC)cc4)cc3)cc2)cc1. The van der Waals surface area contributed by atoms with Crippen LogP contribution in [0.3, 0.4) is 0 Å². The Labute approximate surface area is 287 Å². The van der Waals surface area contributed by atoms with Gasteiger partial charge in [0.25, 0.3) is 0 Å². The monoisotopic (exact) mass is 734 g/mol. The number of alkyl halides is 12. The standard InChI is InChI=1S/C38H34F12O/c1-3-5-7-25-9-13-27(14-10-25)33(39,40)37(47,48)35(43,44)29-17-21-31(22-18-29)51-32-23-19-30(20-24-32)36(45,46)38(49,50)34(41,42)28-15-11-26(12-16-28)8-6-4-2/h9-24H,3-8H2,1-2H3. The Hall–Kier alpha value is -4.16. The normalized spacial score (nSPS) is 13.4. The van der Waals surface area contributed by atoms with E-state index in [2.05, 4.69) is 0 Å². The highest BCUT2D eigenvalue weighted by atomic mass is 19.4. The van der Waals surface area contributed by atoms with E-state index in [1.54, 1.807) is 0 Å². The van der Waals surface area contributed by atoms with Gasteiger partial charge in [-0.3, -0.25) is 0 Å². The minimum Gasteiger partial charge on any atom is -0.457 e. The molecule has 4 aromatic carbocycles. The maximum Gasteiger partial charge on any atom is 0.380 e. The molecule has 0 radical (unpaired) electrons. The molecular weight excluding hydrogens is 700 g/mol. The molecule has 4 aromatic rings. The van der Waals surface area contributed by atoms with Gasteiger partial charge in [0.1, 0.15) is 11.5 Å². The molecule has 0 spiro atoms. The lowest BCUT2D eigenvalue weighted by atomic mass is 9.92. The summed E-state index contributed by atoms with van der Waals surface area (Å²) in [5, 5.41) is 0. The topological polar surface area (TPSA) is 9.23 Å². The van der Waals surface area contributed by atoms with E-state index < -0.39 is 57.8 Å². The van der Waals surface area contributed by atoms with Crippen LogP contribution in [0.4, 0.5) is 52.7 Å². The van der Waals surface area contributed by atoms with Crippen molar-refractivity contribution in [2.75, 3.05) is 0 Å². The van der Waals surface area contributed by atoms with Crippen LogP contribution in [0, 0.1) is 0 Å². The van der Waals surface area contributed by atoms with Crippen molar-refractivity contribution in [1.82, 2.24) is 0 Å². The highest BCUT2D eigenvalue weighted by Gasteiger charge is 2.73. The molecule has 0 N–H and O–H groups in total. The van der Waals surface area contributed by atoms with Crippen molar-refractivity contribution in [1.29, 1.82) is 0 Å². The Balaban J connectivity index is 1.48. The molecule has 13 heteroatoms. The van der Waals surface area contributed by atoms with Crippen LogP contribution in [0.2, 0.25) is 0 Å². The fraction of sp³-hybridized carbons (Fsp3) is 0.368. The molecular formula is C38H34F12O. The van der Waals surface area contributed by atoms with E-state index in [9.17, 15) is 52.7 Å². The first kappa shape index (κ1) is 39.6. The van der Waals surface area contributed by atoms with Crippen LogP contribution < -0.4 is 4.74 Å². The summed E-state index contributed by atoms with van der Waals surface area (Å²) in [6, 6.07) is 11.8. The predicted molar refractivity (Wildman–Crippen MR) is 169 cm³/mol. The average Bonchev–Trinajstić information content (AvgIpc) is 3.10. The Kier molecular flexibility index (Phi) is 11.5. The van der Waals surface area contributed by atoms with E-state index in [4.69, 9.17) is 4.74 Å². The summed E-state index contributed by atoms with van der Waals surface area (Å²) < 4.78 is 184. The van der Waals surface area contributed by atoms with E-state index in [0.717, 1.165) is 12.8 Å². The smallest absolute Gasteiger partial charge is 0.380 e. The minimum atomic E-state index is -5.88. The van der Waals surface area contributed by atoms with E-state index in [1.807, 2.05) is 13.8 Å². The van der Waals surface area contributed by atoms with Crippen molar-refractivity contribution < 1.29 is 57.4 Å². The van der Waals surface area contributed by atoms with Crippen LogP contribution in [-0.2, 0) is 36.5 Å². The van der Waals surface area contributed by atoms with Crippen molar-refractivity contribution in [2.24, 2.45) is 0 Å². The number of hydrogen-bond donors (Lipinski definition) is 0. The van der Waals surface area contributed by atoms with Gasteiger partial charge in [0, 0.05) is 22.3 Å². The average molecular weight is 735 g/mol. The summed E-state index contributed by atoms with van der Waals surface area (Å²) in [6.45, 7) is 3.78. The molecule has 0 heterocycles. The van der Waals surface area contributed by atoms with Crippen molar-refractivity contribution in [3.63, 3.8) is 0 Å². The number of halogens is 12. The third-order valence-corrected chi connectivity index (χ3v) is 8.52. The Bertz CT molecular complexity index is 1590. The highest BCUT2D eigenvalue weighted by molar-refractivity contribution is 5.39. The van der Waals surface area contributed by atoms with Crippen LogP contribution in [0.15, 0.2) is 97.1 Å². The number of benzene rings is 4. The first-order valence-electron chi connectivity index (χ1n) is 16.1. The van der Waals surface area contributed by atoms with E-state index in [-0.39, 0.29) is 11.5 Å². The fourth-order valence-electron chi connectivity index (χ4n) is 5.24. The minimum absolute atomic E-state index is 0.356. The van der Waals surface area contributed by atoms with E-state index >= 15 is 0 Å². The molecule has 0 aliphatic carbocycles. The molecule has 0 amide bonds. The molecule has 0 bridgehead atoms. The molecule has 0 aliphatic heterocycles. The molecule has 0 fully saturated rings.